The van der Waals surface area contributed by atoms with Gasteiger partial charge in [0, 0.05) is 69.8 Å². The van der Waals surface area contributed by atoms with E-state index in [9.17, 15) is 9.59 Å². The lowest BCUT2D eigenvalue weighted by Crippen LogP contribution is -2.47. The van der Waals surface area contributed by atoms with E-state index in [-0.39, 0.29) is 18.4 Å². The number of ether oxygens (including phenoxy) is 2. The zero-order chi connectivity index (χ0) is 26.9. The van der Waals surface area contributed by atoms with E-state index in [1.807, 2.05) is 13.0 Å². The Balaban J connectivity index is 1.46. The minimum atomic E-state index is -0.365. The van der Waals surface area contributed by atoms with Gasteiger partial charge in [-0.15, -0.1) is 10.2 Å². The summed E-state index contributed by atoms with van der Waals surface area (Å²) in [4.78, 5) is 34.4. The predicted octanol–water partition coefficient (Wildman–Crippen LogP) is 2.76. The number of hydrogen-bond acceptors (Lipinski definition) is 10. The van der Waals surface area contributed by atoms with Crippen molar-refractivity contribution in [2.45, 2.75) is 13.3 Å². The molecule has 1 aliphatic heterocycles. The Morgan fingerprint density at radius 1 is 1.08 bits per heavy atom. The van der Waals surface area contributed by atoms with Crippen LogP contribution in [0, 0.1) is 6.92 Å². The Morgan fingerprint density at radius 2 is 1.89 bits per heavy atom. The summed E-state index contributed by atoms with van der Waals surface area (Å²) in [6.07, 6.45) is 4.14. The van der Waals surface area contributed by atoms with Gasteiger partial charge in [-0.05, 0) is 43.8 Å². The van der Waals surface area contributed by atoms with E-state index in [1.165, 1.54) is 11.3 Å². The molecule has 4 rings (SSSR count). The molecule has 3 aromatic rings. The third-order valence-corrected chi connectivity index (χ3v) is 7.02. The van der Waals surface area contributed by atoms with Crippen LogP contribution in [0.1, 0.15) is 22.3 Å². The first-order chi connectivity index (χ1) is 18.4. The van der Waals surface area contributed by atoms with E-state index in [1.54, 1.807) is 37.7 Å². The van der Waals surface area contributed by atoms with Gasteiger partial charge < -0.3 is 19.7 Å². The first kappa shape index (κ1) is 27.6. The topological polar surface area (TPSA) is 122 Å². The first-order valence-electron chi connectivity index (χ1n) is 12.5. The Kier molecular flexibility index (Phi) is 9.71. The van der Waals surface area contributed by atoms with Crippen molar-refractivity contribution in [2.75, 3.05) is 70.7 Å². The molecule has 2 N–H and O–H groups in total. The number of amides is 2. The van der Waals surface area contributed by atoms with Crippen molar-refractivity contribution in [1.82, 2.24) is 25.0 Å². The van der Waals surface area contributed by atoms with Crippen molar-refractivity contribution in [3.05, 3.63) is 47.8 Å². The van der Waals surface area contributed by atoms with Crippen LogP contribution in [0.5, 0.6) is 5.75 Å². The number of pyridine rings is 1. The fourth-order valence-electron chi connectivity index (χ4n) is 3.92. The third-order valence-electron chi connectivity index (χ3n) is 6.14. The fraction of sp³-hybridized carbons (Fsp3) is 0.423. The maximum atomic E-state index is 13.1. The number of aryl methyl sites for hydroxylation is 1. The highest BCUT2D eigenvalue weighted by Gasteiger charge is 2.19. The number of nitrogens with one attached hydrogen (secondary N) is 2. The molecule has 12 heteroatoms. The maximum absolute atomic E-state index is 13.1. The van der Waals surface area contributed by atoms with Crippen LogP contribution in [-0.2, 0) is 9.53 Å². The molecule has 0 atom stereocenters. The van der Waals surface area contributed by atoms with Crippen LogP contribution < -0.4 is 15.4 Å². The van der Waals surface area contributed by atoms with Crippen LogP contribution in [0.25, 0.3) is 10.6 Å². The number of benzene rings is 1. The van der Waals surface area contributed by atoms with Gasteiger partial charge in [0.25, 0.3) is 5.91 Å². The van der Waals surface area contributed by atoms with Crippen LogP contribution in [0.4, 0.5) is 10.8 Å². The summed E-state index contributed by atoms with van der Waals surface area (Å²) in [5, 5.41) is 15.1. The highest BCUT2D eigenvalue weighted by Crippen LogP contribution is 2.30. The molecule has 1 saturated heterocycles. The molecule has 1 aliphatic rings. The van der Waals surface area contributed by atoms with Gasteiger partial charge >= 0.3 is 0 Å². The van der Waals surface area contributed by atoms with Crippen molar-refractivity contribution in [3.8, 4) is 16.3 Å². The minimum absolute atomic E-state index is 0.158. The molecule has 2 amide bonds. The second kappa shape index (κ2) is 13.4. The second-order valence-corrected chi connectivity index (χ2v) is 10.1. The molecule has 0 bridgehead atoms. The second-order valence-electron chi connectivity index (χ2n) is 9.09. The summed E-state index contributed by atoms with van der Waals surface area (Å²) in [6, 6.07) is 6.87. The average molecular weight is 540 g/mol. The highest BCUT2D eigenvalue weighted by molar-refractivity contribution is 7.18. The molecule has 2 aromatic heterocycles. The van der Waals surface area contributed by atoms with Gasteiger partial charge in [-0.2, -0.15) is 0 Å². The molecule has 0 radical (unpaired) electrons. The number of nitrogens with zero attached hydrogens (tertiary/aromatic N) is 5. The fourth-order valence-corrected chi connectivity index (χ4v) is 4.73. The standard InChI is InChI=1S/C26H33N7O4S/c1-18-7-8-27-16-20(18)25-30-31-26(38-25)29-24(35)19-5-6-22(37-14-4-13-36-3)21(15-19)28-23(34)17-33-11-9-32(2)10-12-33/h5-8,15-16H,4,9-14,17H2,1-3H3,(H,28,34)(H,29,31,35). The van der Waals surface area contributed by atoms with Crippen molar-refractivity contribution in [2.24, 2.45) is 0 Å². The summed E-state index contributed by atoms with van der Waals surface area (Å²) in [7, 11) is 3.71. The molecular weight excluding hydrogens is 506 g/mol. The van der Waals surface area contributed by atoms with Crippen LogP contribution in [-0.4, -0.2) is 96.9 Å². The smallest absolute Gasteiger partial charge is 0.257 e. The molecule has 0 saturated carbocycles. The summed E-state index contributed by atoms with van der Waals surface area (Å²) >= 11 is 1.27. The first-order valence-corrected chi connectivity index (χ1v) is 13.3. The number of aromatic nitrogens is 3. The number of carbonyl (C=O) groups excluding carboxylic acids is 2. The Morgan fingerprint density at radius 3 is 2.66 bits per heavy atom. The van der Waals surface area contributed by atoms with Gasteiger partial charge in [0.1, 0.15) is 5.75 Å². The van der Waals surface area contributed by atoms with Crippen LogP contribution >= 0.6 is 11.3 Å². The zero-order valence-electron chi connectivity index (χ0n) is 21.9. The molecule has 0 spiro atoms. The van der Waals surface area contributed by atoms with E-state index in [0.29, 0.717) is 46.8 Å². The number of likely N-dealkylation sites (N-methyl/N-ethyl adjacent to an activating group) is 1. The van der Waals surface area contributed by atoms with E-state index in [0.717, 1.165) is 37.3 Å². The lowest BCUT2D eigenvalue weighted by atomic mass is 10.1. The summed E-state index contributed by atoms with van der Waals surface area (Å²) < 4.78 is 11.0. The summed E-state index contributed by atoms with van der Waals surface area (Å²) in [6.45, 7) is 6.72. The Bertz CT molecular complexity index is 1240. The molecule has 3 heterocycles. The Labute approximate surface area is 226 Å². The average Bonchev–Trinajstić information content (AvgIpc) is 3.37. The van der Waals surface area contributed by atoms with E-state index < -0.39 is 0 Å². The third kappa shape index (κ3) is 7.54. The lowest BCUT2D eigenvalue weighted by molar-refractivity contribution is -0.117. The number of hydrogen-bond donors (Lipinski definition) is 2. The largest absolute Gasteiger partial charge is 0.491 e. The van der Waals surface area contributed by atoms with Gasteiger partial charge in [-0.3, -0.25) is 24.8 Å². The Hall–Kier alpha value is -3.45. The van der Waals surface area contributed by atoms with E-state index in [2.05, 4.69) is 42.7 Å². The van der Waals surface area contributed by atoms with Crippen molar-refractivity contribution in [1.29, 1.82) is 0 Å². The molecule has 202 valence electrons. The maximum Gasteiger partial charge on any atom is 0.257 e. The van der Waals surface area contributed by atoms with Crippen LogP contribution in [0.3, 0.4) is 0 Å². The molecule has 0 aliphatic carbocycles. The number of carbonyl (C=O) groups is 2. The van der Waals surface area contributed by atoms with Crippen LogP contribution in [0.2, 0.25) is 0 Å². The van der Waals surface area contributed by atoms with E-state index in [4.69, 9.17) is 9.47 Å². The van der Waals surface area contributed by atoms with Gasteiger partial charge in [0.2, 0.25) is 11.0 Å². The molecule has 11 nitrogen and oxygen atoms in total. The predicted molar refractivity (Wildman–Crippen MR) is 147 cm³/mol. The number of piperazine rings is 1. The van der Waals surface area contributed by atoms with E-state index >= 15 is 0 Å². The monoisotopic (exact) mass is 539 g/mol. The molecule has 38 heavy (non-hydrogen) atoms. The van der Waals surface area contributed by atoms with Crippen molar-refractivity contribution < 1.29 is 19.1 Å². The van der Waals surface area contributed by atoms with Crippen molar-refractivity contribution in [3.63, 3.8) is 0 Å². The highest BCUT2D eigenvalue weighted by atomic mass is 32.1. The van der Waals surface area contributed by atoms with Crippen LogP contribution in [0.15, 0.2) is 36.7 Å². The number of methoxy groups -OCH3 is 1. The van der Waals surface area contributed by atoms with Gasteiger partial charge in [0.05, 0.1) is 18.8 Å². The van der Waals surface area contributed by atoms with Gasteiger partial charge in [-0.1, -0.05) is 11.3 Å². The summed E-state index contributed by atoms with van der Waals surface area (Å²) in [5.74, 6) is -0.0276. The SMILES string of the molecule is COCCCOc1ccc(C(=O)Nc2nnc(-c3cnccc3C)s2)cc1NC(=O)CN1CCN(C)CC1. The molecule has 1 fully saturated rings. The van der Waals surface area contributed by atoms with Crippen molar-refractivity contribution >= 4 is 34.0 Å². The quantitative estimate of drug-likeness (QED) is 0.354. The van der Waals surface area contributed by atoms with Gasteiger partial charge in [0.15, 0.2) is 5.01 Å². The summed E-state index contributed by atoms with van der Waals surface area (Å²) in [5.41, 5.74) is 2.69. The lowest BCUT2D eigenvalue weighted by Gasteiger charge is -2.31. The molecular formula is C26H33N7O4S. The number of anilines is 2. The minimum Gasteiger partial charge on any atom is -0.491 e. The molecule has 0 unspecified atom stereocenters. The number of rotatable bonds is 11. The normalized spacial score (nSPS) is 14.3. The van der Waals surface area contributed by atoms with Gasteiger partial charge in [-0.25, -0.2) is 0 Å². The zero-order valence-corrected chi connectivity index (χ0v) is 22.7. The molecule has 1 aromatic carbocycles.